The Hall–Kier alpha value is -3.36. The summed E-state index contributed by atoms with van der Waals surface area (Å²) < 4.78 is 15.9. The molecule has 4 atom stereocenters. The summed E-state index contributed by atoms with van der Waals surface area (Å²) in [6, 6.07) is 8.43. The molecule has 0 radical (unpaired) electrons. The number of rotatable bonds is 8. The van der Waals surface area contributed by atoms with Crippen molar-refractivity contribution in [2.45, 2.75) is 77.7 Å². The van der Waals surface area contributed by atoms with Crippen LogP contribution in [0.4, 0.5) is 4.79 Å². The van der Waals surface area contributed by atoms with Crippen molar-refractivity contribution >= 4 is 23.9 Å². The predicted molar refractivity (Wildman–Crippen MR) is 136 cm³/mol. The number of ether oxygens (including phenoxy) is 3. The summed E-state index contributed by atoms with van der Waals surface area (Å²) in [6.07, 6.45) is 4.53. The smallest absolute Gasteiger partial charge is 0.408 e. The summed E-state index contributed by atoms with van der Waals surface area (Å²) in [5.74, 6) is -1.48. The second-order valence-electron chi connectivity index (χ2n) is 10.5. The Bertz CT molecular complexity index is 986. The van der Waals surface area contributed by atoms with E-state index in [-0.39, 0.29) is 43.0 Å². The number of nitrogens with zero attached hydrogens (tertiary/aromatic N) is 1. The summed E-state index contributed by atoms with van der Waals surface area (Å²) in [4.78, 5) is 52.1. The van der Waals surface area contributed by atoms with Crippen LogP contribution in [0.3, 0.4) is 0 Å². The van der Waals surface area contributed by atoms with Crippen molar-refractivity contribution in [2.75, 3.05) is 13.2 Å². The van der Waals surface area contributed by atoms with E-state index in [1.807, 2.05) is 51.1 Å². The first kappa shape index (κ1) is 28.2. The zero-order chi connectivity index (χ0) is 27.0. The molecular formula is C28H38N2O7. The lowest BCUT2D eigenvalue weighted by Gasteiger charge is -2.39. The van der Waals surface area contributed by atoms with Gasteiger partial charge in [0, 0.05) is 18.7 Å². The number of benzene rings is 1. The van der Waals surface area contributed by atoms with Crippen molar-refractivity contribution in [3.63, 3.8) is 0 Å². The van der Waals surface area contributed by atoms with Crippen LogP contribution in [0.25, 0.3) is 0 Å². The molecular weight excluding hydrogens is 476 g/mol. The summed E-state index contributed by atoms with van der Waals surface area (Å²) >= 11 is 0. The van der Waals surface area contributed by atoms with Crippen molar-refractivity contribution in [1.29, 1.82) is 0 Å². The molecule has 1 aromatic rings. The Morgan fingerprint density at radius 3 is 2.49 bits per heavy atom. The standard InChI is InChI=1S/C28H38N2O7/c1-5-35-24(31)14-12-20-17-21(26(33)37-28(2,3)4)11-13-23(20)30-16-15-22(25(30)32)29-27(34)36-18-19-9-7-6-8-10-19/h6-10,12,14,20-23H,5,11,13,15-18H2,1-4H3,(H,29,34)/b14-12+/t20?,21-,22+,23+/m1/s1. The highest BCUT2D eigenvalue weighted by molar-refractivity contribution is 5.88. The van der Waals surface area contributed by atoms with Gasteiger partial charge >= 0.3 is 18.0 Å². The lowest BCUT2D eigenvalue weighted by Crippen LogP contribution is -2.49. The van der Waals surface area contributed by atoms with E-state index in [1.165, 1.54) is 6.08 Å². The zero-order valence-corrected chi connectivity index (χ0v) is 22.1. The van der Waals surface area contributed by atoms with Gasteiger partial charge in [0.05, 0.1) is 12.5 Å². The fourth-order valence-corrected chi connectivity index (χ4v) is 4.85. The topological polar surface area (TPSA) is 111 Å². The molecule has 3 rings (SSSR count). The van der Waals surface area contributed by atoms with Crippen molar-refractivity contribution in [2.24, 2.45) is 11.8 Å². The monoisotopic (exact) mass is 514 g/mol. The third-order valence-electron chi connectivity index (χ3n) is 6.51. The van der Waals surface area contributed by atoms with E-state index >= 15 is 0 Å². The summed E-state index contributed by atoms with van der Waals surface area (Å²) in [5.41, 5.74) is 0.262. The highest BCUT2D eigenvalue weighted by atomic mass is 16.6. The SMILES string of the molecule is CCOC(=O)/C=C/C1C[C@H](C(=O)OC(C)(C)C)CC[C@@H]1N1CC[C@H](NC(=O)OCc2ccccc2)C1=O. The molecule has 2 aliphatic rings. The van der Waals surface area contributed by atoms with Gasteiger partial charge < -0.3 is 24.4 Å². The van der Waals surface area contributed by atoms with E-state index in [1.54, 1.807) is 17.9 Å². The number of esters is 2. The van der Waals surface area contributed by atoms with Crippen LogP contribution >= 0.6 is 0 Å². The van der Waals surface area contributed by atoms with E-state index in [0.29, 0.717) is 32.2 Å². The van der Waals surface area contributed by atoms with Crippen LogP contribution < -0.4 is 5.32 Å². The highest BCUT2D eigenvalue weighted by Crippen LogP contribution is 2.36. The van der Waals surface area contributed by atoms with Crippen LogP contribution in [0.1, 0.15) is 58.9 Å². The maximum atomic E-state index is 13.3. The van der Waals surface area contributed by atoms with Crippen LogP contribution in [0.5, 0.6) is 0 Å². The van der Waals surface area contributed by atoms with Crippen LogP contribution in [0, 0.1) is 11.8 Å². The van der Waals surface area contributed by atoms with E-state index in [2.05, 4.69) is 5.32 Å². The average Bonchev–Trinajstić information content (AvgIpc) is 3.20. The molecule has 2 fully saturated rings. The van der Waals surface area contributed by atoms with E-state index in [9.17, 15) is 19.2 Å². The summed E-state index contributed by atoms with van der Waals surface area (Å²) in [7, 11) is 0. The maximum absolute atomic E-state index is 13.3. The van der Waals surface area contributed by atoms with Gasteiger partial charge in [0.15, 0.2) is 0 Å². The second-order valence-corrected chi connectivity index (χ2v) is 10.5. The van der Waals surface area contributed by atoms with E-state index in [0.717, 1.165) is 5.56 Å². The molecule has 1 heterocycles. The van der Waals surface area contributed by atoms with E-state index < -0.39 is 23.7 Å². The molecule has 1 unspecified atom stereocenters. The normalized spacial score (nSPS) is 24.1. The first-order chi connectivity index (χ1) is 17.6. The van der Waals surface area contributed by atoms with Gasteiger partial charge in [-0.1, -0.05) is 36.4 Å². The number of hydrogen-bond acceptors (Lipinski definition) is 7. The first-order valence-corrected chi connectivity index (χ1v) is 12.9. The van der Waals surface area contributed by atoms with Crippen molar-refractivity contribution in [3.8, 4) is 0 Å². The molecule has 1 saturated carbocycles. The number of alkyl carbamates (subject to hydrolysis) is 1. The Kier molecular flexibility index (Phi) is 9.72. The minimum atomic E-state index is -0.679. The van der Waals surface area contributed by atoms with Gasteiger partial charge in [-0.3, -0.25) is 9.59 Å². The fourth-order valence-electron chi connectivity index (χ4n) is 4.85. The molecule has 0 bridgehead atoms. The van der Waals surface area contributed by atoms with Gasteiger partial charge in [0.25, 0.3) is 0 Å². The van der Waals surface area contributed by atoms with Gasteiger partial charge in [0.2, 0.25) is 5.91 Å². The molecule has 37 heavy (non-hydrogen) atoms. The van der Waals surface area contributed by atoms with E-state index in [4.69, 9.17) is 14.2 Å². The molecule has 202 valence electrons. The molecule has 1 aliphatic carbocycles. The third-order valence-corrected chi connectivity index (χ3v) is 6.51. The Morgan fingerprint density at radius 1 is 1.08 bits per heavy atom. The number of nitrogens with one attached hydrogen (secondary N) is 1. The summed E-state index contributed by atoms with van der Waals surface area (Å²) in [6.45, 7) is 8.06. The lowest BCUT2D eigenvalue weighted by molar-refractivity contribution is -0.162. The number of hydrogen-bond donors (Lipinski definition) is 1. The largest absolute Gasteiger partial charge is 0.463 e. The Morgan fingerprint density at radius 2 is 1.81 bits per heavy atom. The zero-order valence-electron chi connectivity index (χ0n) is 22.1. The average molecular weight is 515 g/mol. The van der Waals surface area contributed by atoms with Gasteiger partial charge in [-0.25, -0.2) is 9.59 Å². The molecule has 1 N–H and O–H groups in total. The molecule has 0 aromatic heterocycles. The quantitative estimate of drug-likeness (QED) is 0.319. The van der Waals surface area contributed by atoms with Crippen LogP contribution in [0.2, 0.25) is 0 Å². The van der Waals surface area contributed by atoms with Gasteiger partial charge in [-0.05, 0) is 64.9 Å². The van der Waals surface area contributed by atoms with Crippen LogP contribution in [-0.2, 0) is 35.2 Å². The number of amides is 2. The minimum Gasteiger partial charge on any atom is -0.463 e. The van der Waals surface area contributed by atoms with Crippen molar-refractivity contribution in [1.82, 2.24) is 10.2 Å². The predicted octanol–water partition coefficient (Wildman–Crippen LogP) is 3.76. The molecule has 1 aromatic carbocycles. The molecule has 9 nitrogen and oxygen atoms in total. The minimum absolute atomic E-state index is 0.118. The van der Waals surface area contributed by atoms with Crippen molar-refractivity contribution in [3.05, 3.63) is 48.0 Å². The van der Waals surface area contributed by atoms with Crippen molar-refractivity contribution < 1.29 is 33.4 Å². The maximum Gasteiger partial charge on any atom is 0.408 e. The van der Waals surface area contributed by atoms with Gasteiger partial charge in [0.1, 0.15) is 18.2 Å². The molecule has 2 amide bonds. The number of carbonyl (C=O) groups is 4. The first-order valence-electron chi connectivity index (χ1n) is 12.9. The van der Waals surface area contributed by atoms with Crippen LogP contribution in [0.15, 0.2) is 42.5 Å². The third kappa shape index (κ3) is 8.33. The molecule has 1 aliphatic heterocycles. The summed E-state index contributed by atoms with van der Waals surface area (Å²) in [5, 5.41) is 2.68. The molecule has 1 saturated heterocycles. The van der Waals surface area contributed by atoms with Gasteiger partial charge in [-0.2, -0.15) is 0 Å². The number of likely N-dealkylation sites (tertiary alicyclic amines) is 1. The van der Waals surface area contributed by atoms with Crippen LogP contribution in [-0.4, -0.2) is 59.7 Å². The second kappa shape index (κ2) is 12.7. The Labute approximate surface area is 218 Å². The Balaban J connectivity index is 1.64. The lowest BCUT2D eigenvalue weighted by atomic mass is 9.77. The molecule has 0 spiro atoms. The highest BCUT2D eigenvalue weighted by Gasteiger charge is 2.43. The number of carbonyl (C=O) groups excluding carboxylic acids is 4. The van der Waals surface area contributed by atoms with Gasteiger partial charge in [-0.15, -0.1) is 0 Å². The fraction of sp³-hybridized carbons (Fsp3) is 0.571. The molecule has 9 heteroatoms.